The van der Waals surface area contributed by atoms with Crippen LogP contribution in [0.5, 0.6) is 0 Å². The van der Waals surface area contributed by atoms with Crippen LogP contribution in [0.25, 0.3) is 0 Å². The van der Waals surface area contributed by atoms with Gasteiger partial charge in [-0.05, 0) is 48.9 Å². The highest BCUT2D eigenvalue weighted by Gasteiger charge is 2.46. The van der Waals surface area contributed by atoms with Crippen LogP contribution in [0.15, 0.2) is 18.2 Å². The van der Waals surface area contributed by atoms with Crippen molar-refractivity contribution in [1.29, 1.82) is 0 Å². The molecule has 110 valence electrons. The molecule has 0 aromatic heterocycles. The fraction of sp³-hybridized carbons (Fsp3) is 0.562. The molecule has 1 atom stereocenters. The third-order valence-corrected chi connectivity index (χ3v) is 4.74. The van der Waals surface area contributed by atoms with Crippen molar-refractivity contribution in [2.24, 2.45) is 5.92 Å². The van der Waals surface area contributed by atoms with Crippen LogP contribution in [0.3, 0.4) is 0 Å². The normalized spacial score (nSPS) is 17.8. The van der Waals surface area contributed by atoms with E-state index in [1.165, 1.54) is 0 Å². The first-order chi connectivity index (χ1) is 9.43. The predicted molar refractivity (Wildman–Crippen MR) is 82.6 cm³/mol. The lowest BCUT2D eigenvalue weighted by molar-refractivity contribution is -0.145. The minimum Gasteiger partial charge on any atom is -0.479 e. The monoisotopic (exact) mass is 295 g/mol. The van der Waals surface area contributed by atoms with Crippen molar-refractivity contribution in [2.75, 3.05) is 11.4 Å². The molecular formula is C16H22ClNO2. The molecule has 0 amide bonds. The average Bonchev–Trinajstić information content (AvgIpc) is 2.39. The summed E-state index contributed by atoms with van der Waals surface area (Å²) in [5.41, 5.74) is 1.34. The number of anilines is 1. The van der Waals surface area contributed by atoms with Crippen LogP contribution in [-0.2, 0) is 11.2 Å². The van der Waals surface area contributed by atoms with Gasteiger partial charge in [0.05, 0.1) is 0 Å². The van der Waals surface area contributed by atoms with E-state index < -0.39 is 11.5 Å². The highest BCUT2D eigenvalue weighted by Crippen LogP contribution is 2.39. The maximum absolute atomic E-state index is 12.0. The summed E-state index contributed by atoms with van der Waals surface area (Å²) in [6.45, 7) is 6.72. The van der Waals surface area contributed by atoms with Gasteiger partial charge >= 0.3 is 5.97 Å². The summed E-state index contributed by atoms with van der Waals surface area (Å²) >= 11 is 6.06. The first-order valence-electron chi connectivity index (χ1n) is 7.23. The third-order valence-electron chi connectivity index (χ3n) is 4.51. The Morgan fingerprint density at radius 2 is 2.20 bits per heavy atom. The van der Waals surface area contributed by atoms with E-state index in [4.69, 9.17) is 11.6 Å². The molecule has 0 unspecified atom stereocenters. The quantitative estimate of drug-likeness (QED) is 0.913. The number of aryl methyl sites for hydroxylation is 1. The summed E-state index contributed by atoms with van der Waals surface area (Å²) in [5.74, 6) is -0.704. The second kappa shape index (κ2) is 5.65. The molecule has 0 radical (unpaired) electrons. The number of aliphatic carboxylic acids is 1. The van der Waals surface area contributed by atoms with Crippen LogP contribution in [0.4, 0.5) is 5.69 Å². The number of carbonyl (C=O) groups is 1. The zero-order valence-electron chi connectivity index (χ0n) is 12.3. The van der Waals surface area contributed by atoms with Gasteiger partial charge < -0.3 is 10.0 Å². The Balaban J connectivity index is 2.55. The van der Waals surface area contributed by atoms with Crippen molar-refractivity contribution < 1.29 is 9.90 Å². The van der Waals surface area contributed by atoms with Gasteiger partial charge in [-0.15, -0.1) is 0 Å². The number of benzene rings is 1. The molecule has 0 saturated carbocycles. The number of nitrogens with zero attached hydrogens (tertiary/aromatic N) is 1. The van der Waals surface area contributed by atoms with E-state index in [0.717, 1.165) is 30.6 Å². The van der Waals surface area contributed by atoms with Gasteiger partial charge in [0.25, 0.3) is 0 Å². The van der Waals surface area contributed by atoms with Crippen LogP contribution in [0.1, 0.15) is 39.2 Å². The summed E-state index contributed by atoms with van der Waals surface area (Å²) in [5, 5.41) is 10.6. The molecule has 0 bridgehead atoms. The summed E-state index contributed by atoms with van der Waals surface area (Å²) in [6.07, 6.45) is 2.51. The van der Waals surface area contributed by atoms with Crippen LogP contribution < -0.4 is 4.90 Å². The second-order valence-corrected chi connectivity index (χ2v) is 6.20. The number of carboxylic acid groups (broad SMARTS) is 1. The number of fused-ring (bicyclic) bond motifs is 1. The average molecular weight is 296 g/mol. The molecule has 0 spiro atoms. The topological polar surface area (TPSA) is 40.5 Å². The summed E-state index contributed by atoms with van der Waals surface area (Å²) in [7, 11) is 0. The van der Waals surface area contributed by atoms with E-state index in [1.54, 1.807) is 0 Å². The van der Waals surface area contributed by atoms with Gasteiger partial charge in [-0.3, -0.25) is 0 Å². The molecule has 1 aromatic rings. The molecule has 0 fully saturated rings. The first kappa shape index (κ1) is 15.2. The lowest BCUT2D eigenvalue weighted by Gasteiger charge is -2.47. The Morgan fingerprint density at radius 1 is 1.50 bits per heavy atom. The fourth-order valence-corrected chi connectivity index (χ4v) is 3.60. The van der Waals surface area contributed by atoms with Crippen LogP contribution >= 0.6 is 11.6 Å². The van der Waals surface area contributed by atoms with Crippen LogP contribution in [-0.4, -0.2) is 23.2 Å². The molecular weight excluding hydrogens is 274 g/mol. The molecule has 2 rings (SSSR count). The Hall–Kier alpha value is -1.22. The van der Waals surface area contributed by atoms with Gasteiger partial charge in [0.2, 0.25) is 0 Å². The standard InChI is InChI=1S/C16H22ClNO2/c1-4-16(11(2)3,15(19)20)18-9-5-6-12-10-13(17)7-8-14(12)18/h7-8,10-11H,4-6,9H2,1-3H3,(H,19,20)/t16-/m0/s1. The van der Waals surface area contributed by atoms with Crippen LogP contribution in [0, 0.1) is 5.92 Å². The maximum Gasteiger partial charge on any atom is 0.329 e. The number of carboxylic acids is 1. The SMILES string of the molecule is CC[C@@](C(=O)O)(C(C)C)N1CCCc2cc(Cl)ccc21. The van der Waals surface area contributed by atoms with E-state index in [2.05, 4.69) is 4.90 Å². The number of hydrogen-bond donors (Lipinski definition) is 1. The second-order valence-electron chi connectivity index (χ2n) is 5.77. The van der Waals surface area contributed by atoms with E-state index in [0.29, 0.717) is 11.4 Å². The lowest BCUT2D eigenvalue weighted by Crippen LogP contribution is -2.59. The van der Waals surface area contributed by atoms with Gasteiger partial charge in [-0.1, -0.05) is 32.4 Å². The molecule has 0 aliphatic carbocycles. The minimum atomic E-state index is -0.844. The number of halogens is 1. The predicted octanol–water partition coefficient (Wildman–Crippen LogP) is 3.98. The first-order valence-corrected chi connectivity index (χ1v) is 7.60. The van der Waals surface area contributed by atoms with Crippen molar-refractivity contribution in [1.82, 2.24) is 0 Å². The highest BCUT2D eigenvalue weighted by atomic mass is 35.5. The molecule has 4 heteroatoms. The maximum atomic E-state index is 12.0. The summed E-state index contributed by atoms with van der Waals surface area (Å²) < 4.78 is 0. The molecule has 3 nitrogen and oxygen atoms in total. The van der Waals surface area contributed by atoms with Gasteiger partial charge in [0, 0.05) is 17.3 Å². The van der Waals surface area contributed by atoms with Crippen molar-refractivity contribution in [3.05, 3.63) is 28.8 Å². The zero-order valence-corrected chi connectivity index (χ0v) is 13.1. The van der Waals surface area contributed by atoms with E-state index in [1.807, 2.05) is 39.0 Å². The van der Waals surface area contributed by atoms with E-state index in [-0.39, 0.29) is 5.92 Å². The Morgan fingerprint density at radius 3 is 2.75 bits per heavy atom. The molecule has 1 heterocycles. The van der Waals surface area contributed by atoms with Gasteiger partial charge in [-0.25, -0.2) is 4.79 Å². The van der Waals surface area contributed by atoms with E-state index in [9.17, 15) is 9.90 Å². The van der Waals surface area contributed by atoms with Crippen molar-refractivity contribution >= 4 is 23.3 Å². The third kappa shape index (κ3) is 2.28. The largest absolute Gasteiger partial charge is 0.479 e. The van der Waals surface area contributed by atoms with E-state index >= 15 is 0 Å². The smallest absolute Gasteiger partial charge is 0.329 e. The van der Waals surface area contributed by atoms with Gasteiger partial charge in [0.1, 0.15) is 5.54 Å². The van der Waals surface area contributed by atoms with Crippen molar-refractivity contribution in [3.63, 3.8) is 0 Å². The van der Waals surface area contributed by atoms with Crippen molar-refractivity contribution in [2.45, 2.75) is 45.6 Å². The Labute approximate surface area is 125 Å². The molecule has 1 N–H and O–H groups in total. The van der Waals surface area contributed by atoms with Crippen molar-refractivity contribution in [3.8, 4) is 0 Å². The number of hydrogen-bond acceptors (Lipinski definition) is 2. The highest BCUT2D eigenvalue weighted by molar-refractivity contribution is 6.30. The van der Waals surface area contributed by atoms with Crippen LogP contribution in [0.2, 0.25) is 5.02 Å². The lowest BCUT2D eigenvalue weighted by atomic mass is 9.80. The van der Waals surface area contributed by atoms with Gasteiger partial charge in [-0.2, -0.15) is 0 Å². The fourth-order valence-electron chi connectivity index (χ4n) is 3.40. The molecule has 1 aliphatic rings. The summed E-state index contributed by atoms with van der Waals surface area (Å²) in [4.78, 5) is 14.1. The molecule has 0 saturated heterocycles. The number of rotatable bonds is 4. The summed E-state index contributed by atoms with van der Waals surface area (Å²) in [6, 6.07) is 5.78. The zero-order chi connectivity index (χ0) is 14.9. The molecule has 1 aliphatic heterocycles. The molecule has 20 heavy (non-hydrogen) atoms. The Bertz CT molecular complexity index is 515. The Kier molecular flexibility index (Phi) is 4.28. The molecule has 1 aromatic carbocycles. The van der Waals surface area contributed by atoms with Gasteiger partial charge in [0.15, 0.2) is 0 Å². The minimum absolute atomic E-state index is 0.0339.